The summed E-state index contributed by atoms with van der Waals surface area (Å²) in [4.78, 5) is 2.20. The van der Waals surface area contributed by atoms with Gasteiger partial charge >= 0.3 is 0 Å². The van der Waals surface area contributed by atoms with Crippen molar-refractivity contribution in [3.8, 4) is 6.07 Å². The van der Waals surface area contributed by atoms with Crippen molar-refractivity contribution >= 4 is 11.4 Å². The summed E-state index contributed by atoms with van der Waals surface area (Å²) in [6.07, 6.45) is 1.32. The second-order valence-corrected chi connectivity index (χ2v) is 4.74. The molecule has 1 fully saturated rings. The molecule has 0 saturated heterocycles. The topological polar surface area (TPSA) is 53.0 Å². The summed E-state index contributed by atoms with van der Waals surface area (Å²) in [6.45, 7) is 3.35. The summed E-state index contributed by atoms with van der Waals surface area (Å²) < 4.78 is 0. The third kappa shape index (κ3) is 2.11. The van der Waals surface area contributed by atoms with Crippen LogP contribution in [0.4, 0.5) is 11.4 Å². The highest BCUT2D eigenvalue weighted by atomic mass is 15.1. The van der Waals surface area contributed by atoms with Gasteiger partial charge in [0.15, 0.2) is 0 Å². The highest BCUT2D eigenvalue weighted by Crippen LogP contribution is 2.38. The number of nitriles is 1. The first kappa shape index (κ1) is 10.8. The second-order valence-electron chi connectivity index (χ2n) is 4.74. The first-order chi connectivity index (χ1) is 7.61. The molecular formula is C13H17N3. The first-order valence-corrected chi connectivity index (χ1v) is 5.62. The molecule has 3 heteroatoms. The van der Waals surface area contributed by atoms with Crippen molar-refractivity contribution < 1.29 is 0 Å². The number of nitrogen functional groups attached to an aromatic ring is 1. The van der Waals surface area contributed by atoms with Gasteiger partial charge in [0.2, 0.25) is 0 Å². The summed E-state index contributed by atoms with van der Waals surface area (Å²) in [5.74, 6) is 1.67. The quantitative estimate of drug-likeness (QED) is 0.787. The van der Waals surface area contributed by atoms with Gasteiger partial charge in [0.25, 0.3) is 0 Å². The van der Waals surface area contributed by atoms with Crippen molar-refractivity contribution in [3.63, 3.8) is 0 Å². The van der Waals surface area contributed by atoms with Crippen LogP contribution in [0.3, 0.4) is 0 Å². The lowest BCUT2D eigenvalue weighted by molar-refractivity contribution is 0.725. The van der Waals surface area contributed by atoms with E-state index in [4.69, 9.17) is 11.0 Å². The Labute approximate surface area is 96.5 Å². The normalized spacial score (nSPS) is 22.6. The van der Waals surface area contributed by atoms with Gasteiger partial charge in [-0.25, -0.2) is 0 Å². The molecule has 84 valence electrons. The maximum absolute atomic E-state index is 8.91. The monoisotopic (exact) mass is 215 g/mol. The predicted molar refractivity (Wildman–Crippen MR) is 66.1 cm³/mol. The fraction of sp³-hybridized carbons (Fsp3) is 0.462. The van der Waals surface area contributed by atoms with Gasteiger partial charge in [-0.2, -0.15) is 5.26 Å². The number of rotatable bonds is 3. The molecular weight excluding hydrogens is 198 g/mol. The van der Waals surface area contributed by atoms with E-state index < -0.39 is 0 Å². The number of hydrogen-bond acceptors (Lipinski definition) is 3. The molecule has 3 nitrogen and oxygen atoms in total. The molecule has 1 saturated carbocycles. The zero-order valence-electron chi connectivity index (χ0n) is 9.77. The van der Waals surface area contributed by atoms with Gasteiger partial charge < -0.3 is 10.6 Å². The van der Waals surface area contributed by atoms with Crippen molar-refractivity contribution in [2.24, 2.45) is 11.8 Å². The largest absolute Gasteiger partial charge is 0.398 e. The minimum atomic E-state index is 0.555. The van der Waals surface area contributed by atoms with Crippen LogP contribution in [0.1, 0.15) is 18.9 Å². The van der Waals surface area contributed by atoms with Crippen molar-refractivity contribution in [2.45, 2.75) is 13.3 Å². The smallest absolute Gasteiger partial charge is 0.101 e. The third-order valence-electron chi connectivity index (χ3n) is 3.38. The second kappa shape index (κ2) is 4.05. The van der Waals surface area contributed by atoms with Gasteiger partial charge in [0.05, 0.1) is 5.56 Å². The third-order valence-corrected chi connectivity index (χ3v) is 3.38. The van der Waals surface area contributed by atoms with Gasteiger partial charge in [-0.15, -0.1) is 0 Å². The Hall–Kier alpha value is -1.69. The maximum atomic E-state index is 8.91. The molecule has 0 amide bonds. The lowest BCUT2D eigenvalue weighted by Gasteiger charge is -2.19. The number of anilines is 2. The zero-order valence-corrected chi connectivity index (χ0v) is 9.77. The van der Waals surface area contributed by atoms with Gasteiger partial charge in [-0.05, 0) is 36.5 Å². The lowest BCUT2D eigenvalue weighted by atomic mass is 10.1. The Balaban J connectivity index is 2.11. The Kier molecular flexibility index (Phi) is 2.74. The average molecular weight is 215 g/mol. The first-order valence-electron chi connectivity index (χ1n) is 5.62. The molecule has 0 radical (unpaired) electrons. The van der Waals surface area contributed by atoms with Gasteiger partial charge in [-0.3, -0.25) is 0 Å². The highest BCUT2D eigenvalue weighted by Gasteiger charge is 2.33. The van der Waals surface area contributed by atoms with E-state index in [1.165, 1.54) is 6.42 Å². The van der Waals surface area contributed by atoms with Gasteiger partial charge in [0.1, 0.15) is 6.07 Å². The summed E-state index contributed by atoms with van der Waals surface area (Å²) in [5.41, 5.74) is 7.89. The summed E-state index contributed by atoms with van der Waals surface area (Å²) >= 11 is 0. The molecule has 1 aromatic rings. The van der Waals surface area contributed by atoms with Crippen LogP contribution in [0.25, 0.3) is 0 Å². The molecule has 2 atom stereocenters. The maximum Gasteiger partial charge on any atom is 0.101 e. The molecule has 0 bridgehead atoms. The van der Waals surface area contributed by atoms with Crippen molar-refractivity contribution in [3.05, 3.63) is 23.8 Å². The molecule has 1 aliphatic carbocycles. The van der Waals surface area contributed by atoms with E-state index in [0.29, 0.717) is 11.3 Å². The number of hydrogen-bond donors (Lipinski definition) is 1. The fourth-order valence-electron chi connectivity index (χ4n) is 1.99. The highest BCUT2D eigenvalue weighted by molar-refractivity contribution is 5.62. The Bertz CT molecular complexity index is 433. The summed E-state index contributed by atoms with van der Waals surface area (Å²) in [7, 11) is 2.07. The van der Waals surface area contributed by atoms with Gasteiger partial charge in [0, 0.05) is 25.0 Å². The van der Waals surface area contributed by atoms with E-state index in [1.807, 2.05) is 12.1 Å². The number of nitrogens with two attached hydrogens (primary N) is 1. The number of benzene rings is 1. The average Bonchev–Trinajstić information content (AvgIpc) is 2.94. The van der Waals surface area contributed by atoms with E-state index >= 15 is 0 Å². The molecule has 2 unspecified atom stereocenters. The summed E-state index contributed by atoms with van der Waals surface area (Å²) in [6, 6.07) is 7.76. The molecule has 2 N–H and O–H groups in total. The number of nitrogens with zero attached hydrogens (tertiary/aromatic N) is 2. The van der Waals surface area contributed by atoms with Crippen LogP contribution in [0.15, 0.2) is 18.2 Å². The zero-order chi connectivity index (χ0) is 11.7. The van der Waals surface area contributed by atoms with Crippen LogP contribution in [0.2, 0.25) is 0 Å². The molecule has 1 aliphatic rings. The molecule has 0 heterocycles. The molecule has 1 aromatic carbocycles. The lowest BCUT2D eigenvalue weighted by Crippen LogP contribution is -2.20. The van der Waals surface area contributed by atoms with E-state index in [-0.39, 0.29) is 0 Å². The molecule has 16 heavy (non-hydrogen) atoms. The predicted octanol–water partition coefficient (Wildman–Crippen LogP) is 2.23. The van der Waals surface area contributed by atoms with Gasteiger partial charge in [-0.1, -0.05) is 6.92 Å². The van der Waals surface area contributed by atoms with Crippen LogP contribution < -0.4 is 10.6 Å². The Morgan fingerprint density at radius 3 is 2.81 bits per heavy atom. The van der Waals surface area contributed by atoms with E-state index in [1.54, 1.807) is 6.07 Å². The van der Waals surface area contributed by atoms with Crippen molar-refractivity contribution in [1.29, 1.82) is 5.26 Å². The van der Waals surface area contributed by atoms with Crippen molar-refractivity contribution in [1.82, 2.24) is 0 Å². The van der Waals surface area contributed by atoms with E-state index in [9.17, 15) is 0 Å². The minimum Gasteiger partial charge on any atom is -0.398 e. The standard InChI is InChI=1S/C13H17N3/c1-9-5-11(9)8-16(2)12-3-4-13(15)10(6-12)7-14/h3-4,6,9,11H,5,8,15H2,1-2H3. The summed E-state index contributed by atoms with van der Waals surface area (Å²) in [5, 5.41) is 8.91. The SMILES string of the molecule is CC1CC1CN(C)c1ccc(N)c(C#N)c1. The van der Waals surface area contributed by atoms with Crippen LogP contribution >= 0.6 is 0 Å². The van der Waals surface area contributed by atoms with E-state index in [0.717, 1.165) is 24.1 Å². The fourth-order valence-corrected chi connectivity index (χ4v) is 1.99. The minimum absolute atomic E-state index is 0.555. The van der Waals surface area contributed by atoms with Crippen LogP contribution in [0.5, 0.6) is 0 Å². The molecule has 2 rings (SSSR count). The van der Waals surface area contributed by atoms with Crippen molar-refractivity contribution in [2.75, 3.05) is 24.2 Å². The molecule has 0 aromatic heterocycles. The van der Waals surface area contributed by atoms with Crippen LogP contribution in [0, 0.1) is 23.2 Å². The van der Waals surface area contributed by atoms with Crippen LogP contribution in [-0.2, 0) is 0 Å². The van der Waals surface area contributed by atoms with E-state index in [2.05, 4.69) is 24.9 Å². The molecule has 0 spiro atoms. The Morgan fingerprint density at radius 1 is 1.56 bits per heavy atom. The Morgan fingerprint density at radius 2 is 2.25 bits per heavy atom. The van der Waals surface area contributed by atoms with Crippen LogP contribution in [-0.4, -0.2) is 13.6 Å². The molecule has 0 aliphatic heterocycles.